The Kier molecular flexibility index (Phi) is 3.40. The highest BCUT2D eigenvalue weighted by atomic mass is 16.5. The Labute approximate surface area is 124 Å². The Morgan fingerprint density at radius 1 is 0.857 bits per heavy atom. The quantitative estimate of drug-likeness (QED) is 0.781. The fraction of sp³-hybridized carbons (Fsp3) is 0.158. The van der Waals surface area contributed by atoms with Crippen LogP contribution in [0.25, 0.3) is 10.8 Å². The Hall–Kier alpha value is -2.32. The molecule has 0 bridgehead atoms. The zero-order chi connectivity index (χ0) is 14.9. The normalized spacial score (nSPS) is 13.9. The van der Waals surface area contributed by atoms with Gasteiger partial charge in [0.15, 0.2) is 0 Å². The molecular formula is C19H18O2. The van der Waals surface area contributed by atoms with E-state index in [4.69, 9.17) is 4.74 Å². The molecule has 0 saturated carbocycles. The van der Waals surface area contributed by atoms with Crippen molar-refractivity contribution in [2.45, 2.75) is 12.5 Å². The van der Waals surface area contributed by atoms with Crippen molar-refractivity contribution < 1.29 is 9.84 Å². The average Bonchev–Trinajstić information content (AvgIpc) is 2.54. The number of fused-ring (bicyclic) bond motifs is 1. The third-order valence-corrected chi connectivity index (χ3v) is 3.94. The smallest absolute Gasteiger partial charge is 0.133 e. The summed E-state index contributed by atoms with van der Waals surface area (Å²) in [6.07, 6.45) is 0. The van der Waals surface area contributed by atoms with E-state index in [1.165, 1.54) is 0 Å². The largest absolute Gasteiger partial charge is 0.496 e. The lowest BCUT2D eigenvalue weighted by molar-refractivity contribution is 0.0992. The van der Waals surface area contributed by atoms with Gasteiger partial charge in [0.2, 0.25) is 0 Å². The first kappa shape index (κ1) is 13.7. The number of methoxy groups -OCH3 is 1. The first-order chi connectivity index (χ1) is 10.1. The maximum Gasteiger partial charge on any atom is 0.133 e. The summed E-state index contributed by atoms with van der Waals surface area (Å²) in [7, 11) is 1.65. The molecule has 0 unspecified atom stereocenters. The Bertz CT molecular complexity index is 761. The molecule has 3 aromatic rings. The molecule has 0 radical (unpaired) electrons. The number of hydrogen-bond donors (Lipinski definition) is 1. The Balaban J connectivity index is 2.25. The molecular weight excluding hydrogens is 260 g/mol. The van der Waals surface area contributed by atoms with Gasteiger partial charge in [0.05, 0.1) is 7.11 Å². The lowest BCUT2D eigenvalue weighted by atomic mass is 9.86. The lowest BCUT2D eigenvalue weighted by Crippen LogP contribution is -2.23. The van der Waals surface area contributed by atoms with Gasteiger partial charge in [-0.25, -0.2) is 0 Å². The van der Waals surface area contributed by atoms with Crippen molar-refractivity contribution in [1.82, 2.24) is 0 Å². The van der Waals surface area contributed by atoms with Crippen molar-refractivity contribution in [1.29, 1.82) is 0 Å². The van der Waals surface area contributed by atoms with Gasteiger partial charge in [-0.15, -0.1) is 0 Å². The van der Waals surface area contributed by atoms with Crippen molar-refractivity contribution in [2.75, 3.05) is 7.11 Å². The first-order valence-electron chi connectivity index (χ1n) is 6.98. The van der Waals surface area contributed by atoms with Crippen molar-refractivity contribution in [3.05, 3.63) is 77.9 Å². The minimum atomic E-state index is -1.10. The molecule has 0 aliphatic rings. The Morgan fingerprint density at radius 2 is 1.52 bits per heavy atom. The van der Waals surface area contributed by atoms with Crippen LogP contribution >= 0.6 is 0 Å². The van der Waals surface area contributed by atoms with Gasteiger partial charge in [-0.3, -0.25) is 0 Å². The number of aliphatic hydroxyl groups is 1. The summed E-state index contributed by atoms with van der Waals surface area (Å²) < 4.78 is 5.61. The van der Waals surface area contributed by atoms with Crippen LogP contribution in [-0.4, -0.2) is 12.2 Å². The van der Waals surface area contributed by atoms with Crippen molar-refractivity contribution in [3.8, 4) is 5.75 Å². The summed E-state index contributed by atoms with van der Waals surface area (Å²) in [5.41, 5.74) is 0.518. The molecule has 1 N–H and O–H groups in total. The SMILES string of the molecule is COc1c([C@@](C)(O)c2ccccc2)ccc2ccccc12. The summed E-state index contributed by atoms with van der Waals surface area (Å²) in [4.78, 5) is 0. The number of hydrogen-bond acceptors (Lipinski definition) is 2. The van der Waals surface area contributed by atoms with E-state index < -0.39 is 5.60 Å². The highest BCUT2D eigenvalue weighted by Gasteiger charge is 2.29. The molecule has 106 valence electrons. The lowest BCUT2D eigenvalue weighted by Gasteiger charge is -2.27. The van der Waals surface area contributed by atoms with E-state index in [1.807, 2.05) is 66.7 Å². The molecule has 2 heteroatoms. The molecule has 0 heterocycles. The van der Waals surface area contributed by atoms with E-state index >= 15 is 0 Å². The molecule has 0 aromatic heterocycles. The molecule has 0 spiro atoms. The third-order valence-electron chi connectivity index (χ3n) is 3.94. The zero-order valence-corrected chi connectivity index (χ0v) is 12.2. The second kappa shape index (κ2) is 5.23. The number of ether oxygens (including phenoxy) is 1. The van der Waals surface area contributed by atoms with Crippen LogP contribution in [0.15, 0.2) is 66.7 Å². The van der Waals surface area contributed by atoms with Crippen molar-refractivity contribution in [2.24, 2.45) is 0 Å². The minimum Gasteiger partial charge on any atom is -0.496 e. The average molecular weight is 278 g/mol. The van der Waals surface area contributed by atoms with E-state index in [0.717, 1.165) is 27.6 Å². The highest BCUT2D eigenvalue weighted by molar-refractivity contribution is 5.90. The van der Waals surface area contributed by atoms with Crippen LogP contribution < -0.4 is 4.74 Å². The van der Waals surface area contributed by atoms with Crippen LogP contribution in [0, 0.1) is 0 Å². The van der Waals surface area contributed by atoms with Gasteiger partial charge in [-0.05, 0) is 17.9 Å². The second-order valence-electron chi connectivity index (χ2n) is 5.31. The fourth-order valence-electron chi connectivity index (χ4n) is 2.76. The standard InChI is InChI=1S/C19H18O2/c1-19(20,15-9-4-3-5-10-15)17-13-12-14-8-6-7-11-16(14)18(17)21-2/h3-13,20H,1-2H3/t19-/m0/s1. The van der Waals surface area contributed by atoms with Crippen LogP contribution in [0.2, 0.25) is 0 Å². The van der Waals surface area contributed by atoms with Gasteiger partial charge >= 0.3 is 0 Å². The molecule has 3 rings (SSSR count). The van der Waals surface area contributed by atoms with E-state index in [2.05, 4.69) is 0 Å². The molecule has 0 aliphatic carbocycles. The number of rotatable bonds is 3. The van der Waals surface area contributed by atoms with Gasteiger partial charge in [0.1, 0.15) is 11.4 Å². The first-order valence-corrected chi connectivity index (χ1v) is 6.98. The van der Waals surface area contributed by atoms with Crippen LogP contribution in [0.1, 0.15) is 18.1 Å². The van der Waals surface area contributed by atoms with Gasteiger partial charge in [0, 0.05) is 10.9 Å². The zero-order valence-electron chi connectivity index (χ0n) is 12.2. The molecule has 21 heavy (non-hydrogen) atoms. The van der Waals surface area contributed by atoms with E-state index in [1.54, 1.807) is 14.0 Å². The van der Waals surface area contributed by atoms with Gasteiger partial charge < -0.3 is 9.84 Å². The summed E-state index contributed by atoms with van der Waals surface area (Å²) in [6.45, 7) is 1.80. The van der Waals surface area contributed by atoms with Crippen molar-refractivity contribution in [3.63, 3.8) is 0 Å². The van der Waals surface area contributed by atoms with Crippen LogP contribution in [0.4, 0.5) is 0 Å². The summed E-state index contributed by atoms with van der Waals surface area (Å²) in [5, 5.41) is 13.2. The van der Waals surface area contributed by atoms with E-state index in [-0.39, 0.29) is 0 Å². The van der Waals surface area contributed by atoms with E-state index in [9.17, 15) is 5.11 Å². The monoisotopic (exact) mass is 278 g/mol. The predicted molar refractivity (Wildman–Crippen MR) is 85.6 cm³/mol. The maximum atomic E-state index is 11.0. The van der Waals surface area contributed by atoms with Gasteiger partial charge in [-0.2, -0.15) is 0 Å². The molecule has 0 saturated heterocycles. The minimum absolute atomic E-state index is 0.724. The van der Waals surface area contributed by atoms with E-state index in [0.29, 0.717) is 0 Å². The van der Waals surface area contributed by atoms with Crippen LogP contribution in [-0.2, 0) is 5.60 Å². The summed E-state index contributed by atoms with van der Waals surface area (Å²) in [5.74, 6) is 0.724. The fourth-order valence-corrected chi connectivity index (χ4v) is 2.76. The topological polar surface area (TPSA) is 29.5 Å². The van der Waals surface area contributed by atoms with Crippen LogP contribution in [0.3, 0.4) is 0 Å². The van der Waals surface area contributed by atoms with Gasteiger partial charge in [-0.1, -0.05) is 66.7 Å². The molecule has 0 amide bonds. The third kappa shape index (κ3) is 2.28. The molecule has 0 aliphatic heterocycles. The Morgan fingerprint density at radius 3 is 2.24 bits per heavy atom. The van der Waals surface area contributed by atoms with Crippen LogP contribution in [0.5, 0.6) is 5.75 Å². The highest BCUT2D eigenvalue weighted by Crippen LogP contribution is 2.39. The van der Waals surface area contributed by atoms with Gasteiger partial charge in [0.25, 0.3) is 0 Å². The summed E-state index contributed by atoms with van der Waals surface area (Å²) in [6, 6.07) is 21.6. The number of benzene rings is 3. The maximum absolute atomic E-state index is 11.0. The molecule has 3 aromatic carbocycles. The predicted octanol–water partition coefficient (Wildman–Crippen LogP) is 4.10. The molecule has 2 nitrogen and oxygen atoms in total. The summed E-state index contributed by atoms with van der Waals surface area (Å²) >= 11 is 0. The molecule has 0 fully saturated rings. The van der Waals surface area contributed by atoms with Crippen molar-refractivity contribution >= 4 is 10.8 Å². The second-order valence-corrected chi connectivity index (χ2v) is 5.31. The molecule has 1 atom stereocenters.